The van der Waals surface area contributed by atoms with Crippen LogP contribution in [-0.2, 0) is 5.60 Å². The minimum absolute atomic E-state index is 0.0563. The van der Waals surface area contributed by atoms with Gasteiger partial charge in [0.1, 0.15) is 22.8 Å². The summed E-state index contributed by atoms with van der Waals surface area (Å²) in [5, 5.41) is 14.0. The predicted octanol–water partition coefficient (Wildman–Crippen LogP) is 14.9. The van der Waals surface area contributed by atoms with E-state index in [1.54, 1.807) is 0 Å². The minimum Gasteiger partial charge on any atom is -0.544 e. The molecular weight excluding hydrogens is 841 g/mol. The highest BCUT2D eigenvalue weighted by Crippen LogP contribution is 2.52. The number of aliphatic hydroxyl groups is 1. The molecule has 4 aromatic carbocycles. The van der Waals surface area contributed by atoms with E-state index in [0.29, 0.717) is 6.42 Å². The molecule has 0 fully saturated rings. The van der Waals surface area contributed by atoms with Crippen LogP contribution in [0.5, 0.6) is 17.2 Å². The van der Waals surface area contributed by atoms with Crippen LogP contribution in [0.2, 0.25) is 54.4 Å². The van der Waals surface area contributed by atoms with E-state index in [2.05, 4.69) is 190 Å². The summed E-state index contributed by atoms with van der Waals surface area (Å²) < 4.78 is 21.0. The van der Waals surface area contributed by atoms with E-state index in [9.17, 15) is 5.11 Å². The lowest BCUT2D eigenvalue weighted by molar-refractivity contribution is -0.0103. The fraction of sp³-hybridized carbons (Fsp3) is 0.451. The summed E-state index contributed by atoms with van der Waals surface area (Å²) in [7, 11) is -6.10. The molecule has 4 nitrogen and oxygen atoms in total. The highest BCUT2D eigenvalue weighted by Gasteiger charge is 2.49. The fourth-order valence-electron chi connectivity index (χ4n) is 6.82. The van der Waals surface area contributed by atoms with Crippen molar-refractivity contribution in [3.05, 3.63) is 136 Å². The lowest BCUT2D eigenvalue weighted by Crippen LogP contribution is -2.45. The molecule has 1 unspecified atom stereocenters. The highest BCUT2D eigenvalue weighted by molar-refractivity contribution is 9.10. The first-order valence-electron chi connectivity index (χ1n) is 21.2. The largest absolute Gasteiger partial charge is 0.544 e. The minimum atomic E-state index is -2.08. The van der Waals surface area contributed by atoms with Gasteiger partial charge in [-0.2, -0.15) is 0 Å². The van der Waals surface area contributed by atoms with Gasteiger partial charge in [-0.15, -0.1) is 0 Å². The third-order valence-electron chi connectivity index (χ3n) is 13.7. The van der Waals surface area contributed by atoms with Crippen molar-refractivity contribution in [3.63, 3.8) is 0 Å². The monoisotopic (exact) mass is 908 g/mol. The Morgan fingerprint density at radius 2 is 0.932 bits per heavy atom. The van der Waals surface area contributed by atoms with E-state index in [1.807, 2.05) is 48.5 Å². The van der Waals surface area contributed by atoms with Gasteiger partial charge in [0, 0.05) is 27.8 Å². The molecule has 4 atom stereocenters. The van der Waals surface area contributed by atoms with Gasteiger partial charge in [0.15, 0.2) is 0 Å². The zero-order valence-corrected chi connectivity index (χ0v) is 43.0. The first-order valence-corrected chi connectivity index (χ1v) is 30.7. The topological polar surface area (TPSA) is 47.9 Å². The average molecular weight is 910 g/mol. The molecule has 0 bridgehead atoms. The molecule has 0 spiro atoms. The maximum atomic E-state index is 13.7. The van der Waals surface area contributed by atoms with Gasteiger partial charge in [-0.3, -0.25) is 0 Å². The standard InChI is InChI=1S/C51H69BrO4Si3/c1-48(2,3)57(10,11)54-43-31-20-37(21-32-43)19-22-39-17-16-18-46(38-23-33-44(34-24-38)55-58(12,13)49(4,5)6)47(39)51(53,40-25-29-42(52)30-26-40)41-27-35-45(36-28-41)56-59(14,15)50(7,8)9/h16,18,20-21,23-36,39,46-47,53H,17H2,1-15H3/t39-,46+,47-,51?/m1/s1. The van der Waals surface area contributed by atoms with Gasteiger partial charge < -0.3 is 18.4 Å². The second-order valence-corrected chi connectivity index (χ2v) is 36.2. The first-order chi connectivity index (χ1) is 27.1. The van der Waals surface area contributed by atoms with E-state index in [4.69, 9.17) is 13.3 Å². The molecule has 1 aliphatic carbocycles. The molecule has 0 amide bonds. The van der Waals surface area contributed by atoms with Crippen molar-refractivity contribution in [2.45, 2.75) is 135 Å². The summed E-state index contributed by atoms with van der Waals surface area (Å²) in [6.07, 6.45) is 5.23. The molecule has 0 aromatic heterocycles. The van der Waals surface area contributed by atoms with E-state index in [0.717, 1.165) is 44.0 Å². The Labute approximate surface area is 368 Å². The Morgan fingerprint density at radius 1 is 0.559 bits per heavy atom. The van der Waals surface area contributed by atoms with Crippen molar-refractivity contribution >= 4 is 40.9 Å². The number of rotatable bonds is 10. The van der Waals surface area contributed by atoms with Crippen LogP contribution in [0.15, 0.2) is 114 Å². The predicted molar refractivity (Wildman–Crippen MR) is 260 cm³/mol. The summed E-state index contributed by atoms with van der Waals surface area (Å²) in [6.45, 7) is 33.9. The molecule has 0 saturated heterocycles. The summed E-state index contributed by atoms with van der Waals surface area (Å²) in [5.41, 5.74) is 2.25. The first kappa shape index (κ1) is 46.7. The van der Waals surface area contributed by atoms with E-state index in [-0.39, 0.29) is 32.9 Å². The Bertz CT molecular complexity index is 2130. The van der Waals surface area contributed by atoms with Crippen LogP contribution in [0.3, 0.4) is 0 Å². The van der Waals surface area contributed by atoms with E-state index in [1.165, 1.54) is 0 Å². The van der Waals surface area contributed by atoms with Gasteiger partial charge in [0.2, 0.25) is 25.0 Å². The molecule has 0 saturated carbocycles. The van der Waals surface area contributed by atoms with Gasteiger partial charge in [-0.25, -0.2) is 0 Å². The van der Waals surface area contributed by atoms with E-state index >= 15 is 0 Å². The number of hydrogen-bond donors (Lipinski definition) is 1. The smallest absolute Gasteiger partial charge is 0.250 e. The highest BCUT2D eigenvalue weighted by atomic mass is 79.9. The van der Waals surface area contributed by atoms with E-state index < -0.39 is 30.6 Å². The number of allylic oxidation sites excluding steroid dienone is 2. The van der Waals surface area contributed by atoms with Gasteiger partial charge in [0.05, 0.1) is 0 Å². The fourth-order valence-corrected chi connectivity index (χ4v) is 10.2. The van der Waals surface area contributed by atoms with Gasteiger partial charge in [-0.1, -0.05) is 139 Å². The summed E-state index contributed by atoms with van der Waals surface area (Å²) >= 11 is 3.66. The Morgan fingerprint density at radius 3 is 1.34 bits per heavy atom. The van der Waals surface area contributed by atoms with Crippen molar-refractivity contribution in [3.8, 4) is 29.1 Å². The molecule has 4 aromatic rings. The maximum absolute atomic E-state index is 13.7. The van der Waals surface area contributed by atoms with Crippen LogP contribution in [0.4, 0.5) is 0 Å². The molecule has 5 rings (SSSR count). The molecule has 1 aliphatic rings. The number of halogens is 1. The summed E-state index contributed by atoms with van der Waals surface area (Å²) in [4.78, 5) is 0. The molecule has 8 heteroatoms. The van der Waals surface area contributed by atoms with Crippen LogP contribution in [0.1, 0.15) is 96.9 Å². The molecule has 0 heterocycles. The third-order valence-corrected chi connectivity index (χ3v) is 27.3. The normalized spacial score (nSPS) is 19.0. The summed E-state index contributed by atoms with van der Waals surface area (Å²) in [6, 6.07) is 33.1. The van der Waals surface area contributed by atoms with Crippen molar-refractivity contribution in [1.29, 1.82) is 0 Å². The average Bonchev–Trinajstić information content (AvgIpc) is 3.13. The number of benzene rings is 4. The van der Waals surface area contributed by atoms with Gasteiger partial charge in [0.25, 0.3) is 0 Å². The molecule has 59 heavy (non-hydrogen) atoms. The van der Waals surface area contributed by atoms with Crippen LogP contribution >= 0.6 is 15.9 Å². The molecule has 0 radical (unpaired) electrons. The second kappa shape index (κ2) is 17.2. The second-order valence-electron chi connectivity index (χ2n) is 21.1. The van der Waals surface area contributed by atoms with Crippen molar-refractivity contribution < 1.29 is 18.4 Å². The lowest BCUT2D eigenvalue weighted by atomic mass is 9.61. The van der Waals surface area contributed by atoms with Gasteiger partial charge in [-0.05, 0) is 138 Å². The van der Waals surface area contributed by atoms with Crippen LogP contribution in [-0.4, -0.2) is 30.1 Å². The molecule has 316 valence electrons. The third kappa shape index (κ3) is 10.6. The quantitative estimate of drug-likeness (QED) is 0.0978. The summed E-state index contributed by atoms with van der Waals surface area (Å²) in [5.74, 6) is 9.16. The molecule has 1 N–H and O–H groups in total. The van der Waals surface area contributed by atoms with Crippen molar-refractivity contribution in [2.75, 3.05) is 0 Å². The van der Waals surface area contributed by atoms with Crippen molar-refractivity contribution in [1.82, 2.24) is 0 Å². The number of hydrogen-bond acceptors (Lipinski definition) is 4. The van der Waals surface area contributed by atoms with Crippen LogP contribution < -0.4 is 13.3 Å². The van der Waals surface area contributed by atoms with Crippen LogP contribution in [0, 0.1) is 23.7 Å². The zero-order valence-electron chi connectivity index (χ0n) is 38.4. The maximum Gasteiger partial charge on any atom is 0.250 e. The molecule has 0 aliphatic heterocycles. The lowest BCUT2D eigenvalue weighted by Gasteiger charge is -2.45. The molecular formula is C51H69BrO4Si3. The van der Waals surface area contributed by atoms with Crippen LogP contribution in [0.25, 0.3) is 0 Å². The SMILES string of the molecule is CC(C)(C)[Si](C)(C)Oc1ccc(C#C[C@H]2CC=C[C@@H](c3ccc(O[Si](C)(C)C(C)(C)C)cc3)[C@@H]2C(O)(c2ccc(Br)cc2)c2ccc(O[Si](C)(C)C(C)(C)C)cc2)cc1. The Hall–Kier alpha value is -3.33. The zero-order chi connectivity index (χ0) is 43.8. The van der Waals surface area contributed by atoms with Gasteiger partial charge >= 0.3 is 0 Å². The Kier molecular flexibility index (Phi) is 13.6. The van der Waals surface area contributed by atoms with Crippen molar-refractivity contribution in [2.24, 2.45) is 11.8 Å². The Balaban J connectivity index is 1.63.